The minimum atomic E-state index is -0.0913. The molecule has 2 aromatic heterocycles. The van der Waals surface area contributed by atoms with E-state index in [1.54, 1.807) is 7.11 Å². The molecule has 4 aromatic rings. The maximum Gasteiger partial charge on any atom is 0.174 e. The zero-order chi connectivity index (χ0) is 23.8. The molecule has 2 aromatic carbocycles. The lowest BCUT2D eigenvalue weighted by Gasteiger charge is -2.28. The first-order valence-electron chi connectivity index (χ1n) is 11.4. The molecule has 0 bridgehead atoms. The minimum absolute atomic E-state index is 0.0701. The number of benzene rings is 2. The number of hydrogen-bond donors (Lipinski definition) is 1. The number of pyridine rings is 1. The average Bonchev–Trinajstić information content (AvgIpc) is 3.34. The molecule has 5 nitrogen and oxygen atoms in total. The molecular weight excluding hydrogens is 440 g/mol. The Kier molecular flexibility index (Phi) is 5.84. The van der Waals surface area contributed by atoms with Crippen molar-refractivity contribution in [3.8, 4) is 11.4 Å². The SMILES string of the molecule is COc1cccc(N2C(=S)N[C@@H](c3ccccn3)[C@H]2c2cc(C)n(-c3cccc(C)c3)c2C)c1. The van der Waals surface area contributed by atoms with Crippen molar-refractivity contribution in [3.05, 3.63) is 107 Å². The van der Waals surface area contributed by atoms with Crippen molar-refractivity contribution >= 4 is 23.0 Å². The van der Waals surface area contributed by atoms with Gasteiger partial charge >= 0.3 is 0 Å². The van der Waals surface area contributed by atoms with Gasteiger partial charge in [-0.3, -0.25) is 4.98 Å². The summed E-state index contributed by atoms with van der Waals surface area (Å²) in [7, 11) is 1.68. The number of ether oxygens (including phenoxy) is 1. The third-order valence-electron chi connectivity index (χ3n) is 6.48. The fourth-order valence-corrected chi connectivity index (χ4v) is 5.31. The number of nitrogens with one attached hydrogen (secondary N) is 1. The zero-order valence-corrected chi connectivity index (χ0v) is 20.6. The first-order chi connectivity index (χ1) is 16.5. The van der Waals surface area contributed by atoms with Gasteiger partial charge < -0.3 is 19.5 Å². The largest absolute Gasteiger partial charge is 0.497 e. The number of methoxy groups -OCH3 is 1. The molecule has 3 heterocycles. The quantitative estimate of drug-likeness (QED) is 0.365. The van der Waals surface area contributed by atoms with Crippen molar-refractivity contribution in [1.29, 1.82) is 0 Å². The number of hydrogen-bond acceptors (Lipinski definition) is 3. The normalized spacial score (nSPS) is 17.6. The van der Waals surface area contributed by atoms with Crippen LogP contribution in [0.2, 0.25) is 0 Å². The van der Waals surface area contributed by atoms with Crippen LogP contribution < -0.4 is 15.0 Å². The number of anilines is 1. The molecule has 172 valence electrons. The molecular formula is C28H28N4OS. The van der Waals surface area contributed by atoms with Gasteiger partial charge in [0.2, 0.25) is 0 Å². The second-order valence-electron chi connectivity index (χ2n) is 8.70. The summed E-state index contributed by atoms with van der Waals surface area (Å²) in [5.41, 5.74) is 7.93. The molecule has 1 aliphatic rings. The Bertz CT molecular complexity index is 1350. The zero-order valence-electron chi connectivity index (χ0n) is 19.8. The van der Waals surface area contributed by atoms with E-state index in [1.807, 2.05) is 36.5 Å². The maximum atomic E-state index is 5.89. The van der Waals surface area contributed by atoms with Crippen LogP contribution >= 0.6 is 12.2 Å². The maximum absolute atomic E-state index is 5.89. The van der Waals surface area contributed by atoms with E-state index < -0.39 is 0 Å². The van der Waals surface area contributed by atoms with Gasteiger partial charge in [-0.2, -0.15) is 0 Å². The van der Waals surface area contributed by atoms with Gasteiger partial charge in [-0.05, 0) is 86.6 Å². The van der Waals surface area contributed by atoms with Crippen molar-refractivity contribution in [2.24, 2.45) is 0 Å². The highest BCUT2D eigenvalue weighted by Crippen LogP contribution is 2.44. The smallest absolute Gasteiger partial charge is 0.174 e. The summed E-state index contributed by atoms with van der Waals surface area (Å²) in [5.74, 6) is 0.797. The lowest BCUT2D eigenvalue weighted by molar-refractivity contribution is 0.415. The minimum Gasteiger partial charge on any atom is -0.497 e. The van der Waals surface area contributed by atoms with Crippen LogP contribution in [0.1, 0.15) is 40.3 Å². The lowest BCUT2D eigenvalue weighted by Crippen LogP contribution is -2.29. The van der Waals surface area contributed by atoms with E-state index in [4.69, 9.17) is 17.0 Å². The van der Waals surface area contributed by atoms with Crippen molar-refractivity contribution in [3.63, 3.8) is 0 Å². The van der Waals surface area contributed by atoms with Gasteiger partial charge in [-0.1, -0.05) is 24.3 Å². The molecule has 0 amide bonds. The highest BCUT2D eigenvalue weighted by atomic mass is 32.1. The average molecular weight is 469 g/mol. The fraction of sp³-hybridized carbons (Fsp3) is 0.214. The van der Waals surface area contributed by atoms with Crippen molar-refractivity contribution in [2.45, 2.75) is 32.9 Å². The fourth-order valence-electron chi connectivity index (χ4n) is 4.96. The summed E-state index contributed by atoms with van der Waals surface area (Å²) in [6.45, 7) is 6.47. The number of aromatic nitrogens is 2. The van der Waals surface area contributed by atoms with E-state index in [-0.39, 0.29) is 12.1 Å². The first-order valence-corrected chi connectivity index (χ1v) is 11.8. The summed E-state index contributed by atoms with van der Waals surface area (Å²) in [4.78, 5) is 6.88. The summed E-state index contributed by atoms with van der Waals surface area (Å²) >= 11 is 5.89. The van der Waals surface area contributed by atoms with Crippen LogP contribution in [0.5, 0.6) is 5.75 Å². The molecule has 0 aliphatic carbocycles. The predicted octanol–water partition coefficient (Wildman–Crippen LogP) is 5.98. The van der Waals surface area contributed by atoms with Crippen LogP contribution in [0.25, 0.3) is 5.69 Å². The van der Waals surface area contributed by atoms with Gasteiger partial charge in [0.05, 0.1) is 24.9 Å². The van der Waals surface area contributed by atoms with Crippen LogP contribution in [0.3, 0.4) is 0 Å². The molecule has 5 rings (SSSR count). The highest BCUT2D eigenvalue weighted by molar-refractivity contribution is 7.80. The molecule has 1 saturated heterocycles. The van der Waals surface area contributed by atoms with Crippen LogP contribution in [-0.2, 0) is 0 Å². The van der Waals surface area contributed by atoms with Gasteiger partial charge in [0.15, 0.2) is 5.11 Å². The molecule has 6 heteroatoms. The Morgan fingerprint density at radius 2 is 1.71 bits per heavy atom. The number of aryl methyl sites for hydroxylation is 2. The number of nitrogens with zero attached hydrogens (tertiary/aromatic N) is 3. The van der Waals surface area contributed by atoms with Crippen molar-refractivity contribution in [2.75, 3.05) is 12.0 Å². The number of rotatable bonds is 5. The molecule has 1 fully saturated rings. The van der Waals surface area contributed by atoms with E-state index in [0.29, 0.717) is 5.11 Å². The number of thiocarbonyl (C=S) groups is 1. The predicted molar refractivity (Wildman–Crippen MR) is 141 cm³/mol. The summed E-state index contributed by atoms with van der Waals surface area (Å²) in [6.07, 6.45) is 1.83. The standard InChI is InChI=1S/C28H28N4OS/c1-18-9-7-10-21(15-18)31-19(2)16-24(20(31)3)27-26(25-13-5-6-14-29-25)30-28(34)32(27)22-11-8-12-23(17-22)33-4/h5-17,26-27H,1-4H3,(H,30,34)/t26-,27+/m0/s1. The Morgan fingerprint density at radius 3 is 2.44 bits per heavy atom. The monoisotopic (exact) mass is 468 g/mol. The van der Waals surface area contributed by atoms with Crippen molar-refractivity contribution < 1.29 is 4.74 Å². The molecule has 0 unspecified atom stereocenters. The second kappa shape index (κ2) is 8.95. The van der Waals surface area contributed by atoms with Crippen LogP contribution in [0.15, 0.2) is 79.0 Å². The molecule has 34 heavy (non-hydrogen) atoms. The summed E-state index contributed by atoms with van der Waals surface area (Å²) in [5, 5.41) is 4.23. The van der Waals surface area contributed by atoms with E-state index in [2.05, 4.69) is 83.0 Å². The van der Waals surface area contributed by atoms with Crippen LogP contribution in [0, 0.1) is 20.8 Å². The summed E-state index contributed by atoms with van der Waals surface area (Å²) in [6, 6.07) is 24.8. The molecule has 2 atom stereocenters. The molecule has 1 aliphatic heterocycles. The van der Waals surface area contributed by atoms with E-state index in [9.17, 15) is 0 Å². The van der Waals surface area contributed by atoms with Gasteiger partial charge in [0, 0.05) is 35.0 Å². The van der Waals surface area contributed by atoms with E-state index >= 15 is 0 Å². The third kappa shape index (κ3) is 3.84. The highest BCUT2D eigenvalue weighted by Gasteiger charge is 2.42. The van der Waals surface area contributed by atoms with Crippen molar-refractivity contribution in [1.82, 2.24) is 14.9 Å². The van der Waals surface area contributed by atoms with Gasteiger partial charge in [-0.15, -0.1) is 0 Å². The van der Waals surface area contributed by atoms with Crippen LogP contribution in [-0.4, -0.2) is 21.8 Å². The lowest BCUT2D eigenvalue weighted by atomic mass is 9.96. The first kappa shape index (κ1) is 22.2. The topological polar surface area (TPSA) is 42.3 Å². The summed E-state index contributed by atoms with van der Waals surface area (Å²) < 4.78 is 7.83. The van der Waals surface area contributed by atoms with Gasteiger partial charge in [0.1, 0.15) is 5.75 Å². The van der Waals surface area contributed by atoms with Crippen LogP contribution in [0.4, 0.5) is 5.69 Å². The molecule has 1 N–H and O–H groups in total. The Morgan fingerprint density at radius 1 is 0.912 bits per heavy atom. The Hall–Kier alpha value is -3.64. The van der Waals surface area contributed by atoms with Gasteiger partial charge in [0.25, 0.3) is 0 Å². The van der Waals surface area contributed by atoms with E-state index in [0.717, 1.165) is 22.8 Å². The van der Waals surface area contributed by atoms with E-state index in [1.165, 1.54) is 22.5 Å². The molecule has 0 radical (unpaired) electrons. The molecule has 0 spiro atoms. The molecule has 0 saturated carbocycles. The second-order valence-corrected chi connectivity index (χ2v) is 9.09. The third-order valence-corrected chi connectivity index (χ3v) is 6.79. The Labute approximate surface area is 206 Å². The Balaban J connectivity index is 1.69. The van der Waals surface area contributed by atoms with Gasteiger partial charge in [-0.25, -0.2) is 0 Å².